The predicted octanol–water partition coefficient (Wildman–Crippen LogP) is 5.71. The van der Waals surface area contributed by atoms with Crippen LogP contribution in [0.3, 0.4) is 0 Å². The molecule has 0 bridgehead atoms. The third-order valence-electron chi connectivity index (χ3n) is 6.46. The molecule has 38 heavy (non-hydrogen) atoms. The summed E-state index contributed by atoms with van der Waals surface area (Å²) in [5.41, 5.74) is 3.29. The lowest BCUT2D eigenvalue weighted by atomic mass is 10.1. The molecule has 3 aromatic carbocycles. The summed E-state index contributed by atoms with van der Waals surface area (Å²) in [7, 11) is 1.60. The molecule has 0 saturated heterocycles. The Morgan fingerprint density at radius 2 is 1.68 bits per heavy atom. The summed E-state index contributed by atoms with van der Waals surface area (Å²) in [4.78, 5) is 33.6. The molecule has 1 heterocycles. The number of nitrogens with zero attached hydrogens (tertiary/aromatic N) is 2. The number of hydrogen-bond donors (Lipinski definition) is 1. The van der Waals surface area contributed by atoms with Crippen molar-refractivity contribution < 1.29 is 18.7 Å². The monoisotopic (exact) mass is 535 g/mol. The Kier molecular flexibility index (Phi) is 9.51. The second kappa shape index (κ2) is 13.2. The molecule has 0 aliphatic carbocycles. The lowest BCUT2D eigenvalue weighted by Gasteiger charge is -2.28. The minimum Gasteiger partial charge on any atom is -0.385 e. The van der Waals surface area contributed by atoms with Crippen LogP contribution in [0.15, 0.2) is 79.0 Å². The molecule has 6 nitrogen and oxygen atoms in total. The van der Waals surface area contributed by atoms with Crippen molar-refractivity contribution in [3.63, 3.8) is 0 Å². The van der Waals surface area contributed by atoms with Gasteiger partial charge in [0.2, 0.25) is 5.91 Å². The SMILES string of the molecule is COCCCN(CC(=O)N(CCc1c[nH]c2ccccc12)Cc1ccc(F)cc1)C(=O)c1ccccc1Cl. The van der Waals surface area contributed by atoms with Gasteiger partial charge in [0.1, 0.15) is 12.4 Å². The van der Waals surface area contributed by atoms with Gasteiger partial charge in [0.05, 0.1) is 10.6 Å². The van der Waals surface area contributed by atoms with Gasteiger partial charge in [-0.05, 0) is 54.3 Å². The van der Waals surface area contributed by atoms with Crippen LogP contribution in [0.2, 0.25) is 5.02 Å². The van der Waals surface area contributed by atoms with Gasteiger partial charge in [-0.1, -0.05) is 54.1 Å². The number of benzene rings is 3. The van der Waals surface area contributed by atoms with Gasteiger partial charge in [0.15, 0.2) is 0 Å². The third kappa shape index (κ3) is 7.00. The fourth-order valence-corrected chi connectivity index (χ4v) is 4.63. The average Bonchev–Trinajstić information content (AvgIpc) is 3.34. The predicted molar refractivity (Wildman–Crippen MR) is 148 cm³/mol. The molecular formula is C30H31ClFN3O3. The number of methoxy groups -OCH3 is 1. The third-order valence-corrected chi connectivity index (χ3v) is 6.79. The van der Waals surface area contributed by atoms with Crippen molar-refractivity contribution in [2.24, 2.45) is 0 Å². The normalized spacial score (nSPS) is 11.0. The topological polar surface area (TPSA) is 65.6 Å². The van der Waals surface area contributed by atoms with Crippen molar-refractivity contribution >= 4 is 34.3 Å². The molecule has 0 spiro atoms. The zero-order valence-corrected chi connectivity index (χ0v) is 22.1. The van der Waals surface area contributed by atoms with E-state index < -0.39 is 0 Å². The van der Waals surface area contributed by atoms with E-state index in [4.69, 9.17) is 16.3 Å². The molecule has 198 valence electrons. The molecule has 0 fully saturated rings. The standard InChI is InChI=1S/C30H31ClFN3O3/c1-38-18-6-16-35(30(37)26-8-2-4-9-27(26)31)21-29(36)34(20-22-11-13-24(32)14-12-22)17-15-23-19-33-28-10-5-3-7-25(23)28/h2-5,7-14,19,33H,6,15-18,20-21H2,1H3. The van der Waals surface area contributed by atoms with Gasteiger partial charge in [-0.3, -0.25) is 9.59 Å². The lowest BCUT2D eigenvalue weighted by Crippen LogP contribution is -2.44. The number of nitrogens with one attached hydrogen (secondary N) is 1. The van der Waals surface area contributed by atoms with E-state index in [1.54, 1.807) is 48.4 Å². The minimum absolute atomic E-state index is 0.108. The highest BCUT2D eigenvalue weighted by molar-refractivity contribution is 6.33. The van der Waals surface area contributed by atoms with Crippen molar-refractivity contribution in [2.45, 2.75) is 19.4 Å². The number of aromatic nitrogens is 1. The summed E-state index contributed by atoms with van der Waals surface area (Å²) >= 11 is 6.30. The fraction of sp³-hybridized carbons (Fsp3) is 0.267. The van der Waals surface area contributed by atoms with Gasteiger partial charge in [-0.25, -0.2) is 4.39 Å². The number of carbonyl (C=O) groups is 2. The Labute approximate surface area is 227 Å². The minimum atomic E-state index is -0.333. The Morgan fingerprint density at radius 3 is 2.45 bits per heavy atom. The van der Waals surface area contributed by atoms with Crippen LogP contribution in [-0.2, 0) is 22.5 Å². The number of aromatic amines is 1. The molecule has 4 aromatic rings. The van der Waals surface area contributed by atoms with Gasteiger partial charge in [0, 0.05) is 50.5 Å². The Bertz CT molecular complexity index is 1370. The maximum atomic E-state index is 13.7. The van der Waals surface area contributed by atoms with Gasteiger partial charge >= 0.3 is 0 Å². The summed E-state index contributed by atoms with van der Waals surface area (Å²) in [5.74, 6) is -0.842. The molecule has 0 aliphatic heterocycles. The molecule has 0 atom stereocenters. The summed E-state index contributed by atoms with van der Waals surface area (Å²) in [6.45, 7) is 1.43. The van der Waals surface area contributed by atoms with E-state index in [0.717, 1.165) is 22.0 Å². The summed E-state index contributed by atoms with van der Waals surface area (Å²) in [6.07, 6.45) is 3.16. The smallest absolute Gasteiger partial charge is 0.255 e. The molecule has 0 unspecified atom stereocenters. The Balaban J connectivity index is 1.55. The number of carbonyl (C=O) groups excluding carboxylic acids is 2. The highest BCUT2D eigenvalue weighted by Gasteiger charge is 2.24. The molecule has 8 heteroatoms. The van der Waals surface area contributed by atoms with Crippen molar-refractivity contribution in [3.05, 3.63) is 107 Å². The molecule has 1 N–H and O–H groups in total. The quantitative estimate of drug-likeness (QED) is 0.236. The van der Waals surface area contributed by atoms with Gasteiger partial charge in [0.25, 0.3) is 5.91 Å². The average molecular weight is 536 g/mol. The van der Waals surface area contributed by atoms with Crippen molar-refractivity contribution in [1.29, 1.82) is 0 Å². The largest absolute Gasteiger partial charge is 0.385 e. The van der Waals surface area contributed by atoms with Gasteiger partial charge in [-0.2, -0.15) is 0 Å². The van der Waals surface area contributed by atoms with Crippen LogP contribution >= 0.6 is 11.6 Å². The highest BCUT2D eigenvalue weighted by Crippen LogP contribution is 2.20. The van der Waals surface area contributed by atoms with Crippen LogP contribution in [0.1, 0.15) is 27.9 Å². The lowest BCUT2D eigenvalue weighted by molar-refractivity contribution is -0.132. The van der Waals surface area contributed by atoms with Crippen LogP contribution in [0.4, 0.5) is 4.39 Å². The van der Waals surface area contributed by atoms with Crippen LogP contribution in [-0.4, -0.2) is 59.9 Å². The van der Waals surface area contributed by atoms with E-state index in [0.29, 0.717) is 49.7 Å². The molecular weight excluding hydrogens is 505 g/mol. The van der Waals surface area contributed by atoms with Crippen LogP contribution in [0.25, 0.3) is 10.9 Å². The summed E-state index contributed by atoms with van der Waals surface area (Å²) in [5, 5.41) is 1.45. The van der Waals surface area contributed by atoms with E-state index in [-0.39, 0.29) is 24.2 Å². The number of halogens is 2. The van der Waals surface area contributed by atoms with Crippen LogP contribution in [0.5, 0.6) is 0 Å². The highest BCUT2D eigenvalue weighted by atomic mass is 35.5. The number of hydrogen-bond acceptors (Lipinski definition) is 3. The van der Waals surface area contributed by atoms with E-state index in [9.17, 15) is 14.0 Å². The first-order chi connectivity index (χ1) is 18.5. The maximum Gasteiger partial charge on any atom is 0.255 e. The molecule has 4 rings (SSSR count). The number of para-hydroxylation sites is 1. The first-order valence-electron chi connectivity index (χ1n) is 12.6. The van der Waals surface area contributed by atoms with Crippen molar-refractivity contribution in [3.8, 4) is 0 Å². The van der Waals surface area contributed by atoms with Crippen LogP contribution < -0.4 is 0 Å². The second-order valence-corrected chi connectivity index (χ2v) is 9.51. The zero-order chi connectivity index (χ0) is 26.9. The number of rotatable bonds is 12. The number of H-pyrrole nitrogens is 1. The van der Waals surface area contributed by atoms with Gasteiger partial charge in [-0.15, -0.1) is 0 Å². The molecule has 0 aliphatic rings. The summed E-state index contributed by atoms with van der Waals surface area (Å²) in [6, 6.07) is 21.0. The van der Waals surface area contributed by atoms with Crippen molar-refractivity contribution in [2.75, 3.05) is 33.4 Å². The number of fused-ring (bicyclic) bond motifs is 1. The second-order valence-electron chi connectivity index (χ2n) is 9.10. The van der Waals surface area contributed by atoms with Crippen molar-refractivity contribution in [1.82, 2.24) is 14.8 Å². The van der Waals surface area contributed by atoms with E-state index in [1.165, 1.54) is 17.0 Å². The molecule has 1 aromatic heterocycles. The van der Waals surface area contributed by atoms with Crippen LogP contribution in [0, 0.1) is 5.82 Å². The molecule has 0 saturated carbocycles. The number of ether oxygens (including phenoxy) is 1. The zero-order valence-electron chi connectivity index (χ0n) is 21.3. The molecule has 0 radical (unpaired) electrons. The molecule has 2 amide bonds. The first kappa shape index (κ1) is 27.4. The van der Waals surface area contributed by atoms with E-state index in [2.05, 4.69) is 4.98 Å². The Morgan fingerprint density at radius 1 is 0.947 bits per heavy atom. The fourth-order valence-electron chi connectivity index (χ4n) is 4.42. The van der Waals surface area contributed by atoms with E-state index in [1.807, 2.05) is 30.5 Å². The number of amides is 2. The summed E-state index contributed by atoms with van der Waals surface area (Å²) < 4.78 is 18.7. The first-order valence-corrected chi connectivity index (χ1v) is 12.9. The maximum absolute atomic E-state index is 13.7. The Hall–Kier alpha value is -3.68. The van der Waals surface area contributed by atoms with E-state index >= 15 is 0 Å². The van der Waals surface area contributed by atoms with Gasteiger partial charge < -0.3 is 19.5 Å².